The zero-order valence-electron chi connectivity index (χ0n) is 12.1. The average Bonchev–Trinajstić information content (AvgIpc) is 2.93. The Labute approximate surface area is 132 Å². The van der Waals surface area contributed by atoms with Crippen molar-refractivity contribution < 1.29 is 14.7 Å². The molecule has 0 unspecified atom stereocenters. The number of amides is 1. The molecular weight excluding hydrogens is 308 g/mol. The van der Waals surface area contributed by atoms with Crippen molar-refractivity contribution in [3.63, 3.8) is 0 Å². The number of carboxylic acid groups (broad SMARTS) is 1. The molecule has 7 nitrogen and oxygen atoms in total. The molecule has 0 atom stereocenters. The van der Waals surface area contributed by atoms with Crippen LogP contribution in [0.5, 0.6) is 0 Å². The van der Waals surface area contributed by atoms with E-state index >= 15 is 0 Å². The van der Waals surface area contributed by atoms with Crippen LogP contribution in [0.3, 0.4) is 0 Å². The van der Waals surface area contributed by atoms with Gasteiger partial charge in [0.25, 0.3) is 5.91 Å². The summed E-state index contributed by atoms with van der Waals surface area (Å²) in [7, 11) is 0. The molecule has 1 aromatic heterocycles. The van der Waals surface area contributed by atoms with Crippen LogP contribution < -0.4 is 0 Å². The van der Waals surface area contributed by atoms with E-state index in [0.29, 0.717) is 10.7 Å². The highest BCUT2D eigenvalue weighted by Gasteiger charge is 2.24. The molecular formula is C14H15ClN4O3. The van der Waals surface area contributed by atoms with Gasteiger partial charge in [0, 0.05) is 6.04 Å². The Morgan fingerprint density at radius 3 is 2.64 bits per heavy atom. The van der Waals surface area contributed by atoms with Crippen LogP contribution in [0.2, 0.25) is 5.02 Å². The van der Waals surface area contributed by atoms with E-state index in [1.165, 1.54) is 15.8 Å². The van der Waals surface area contributed by atoms with Crippen LogP contribution in [0.4, 0.5) is 0 Å². The van der Waals surface area contributed by atoms with Crippen LogP contribution in [-0.2, 0) is 4.79 Å². The van der Waals surface area contributed by atoms with Gasteiger partial charge in [0.15, 0.2) is 5.69 Å². The number of rotatable bonds is 5. The lowest BCUT2D eigenvalue weighted by Gasteiger charge is -2.23. The predicted molar refractivity (Wildman–Crippen MR) is 80.2 cm³/mol. The Balaban J connectivity index is 2.29. The highest BCUT2D eigenvalue weighted by atomic mass is 35.5. The van der Waals surface area contributed by atoms with E-state index in [9.17, 15) is 9.59 Å². The van der Waals surface area contributed by atoms with Gasteiger partial charge in [-0.1, -0.05) is 28.9 Å². The number of benzene rings is 1. The summed E-state index contributed by atoms with van der Waals surface area (Å²) in [6, 6.07) is 6.74. The van der Waals surface area contributed by atoms with Crippen molar-refractivity contribution in [1.82, 2.24) is 19.9 Å². The highest BCUT2D eigenvalue weighted by Crippen LogP contribution is 2.19. The Kier molecular flexibility index (Phi) is 4.77. The topological polar surface area (TPSA) is 88.3 Å². The first-order valence-electron chi connectivity index (χ1n) is 6.60. The minimum atomic E-state index is -1.08. The summed E-state index contributed by atoms with van der Waals surface area (Å²) in [6.45, 7) is 3.08. The van der Waals surface area contributed by atoms with Crippen LogP contribution >= 0.6 is 11.6 Å². The van der Waals surface area contributed by atoms with Gasteiger partial charge in [-0.15, -0.1) is 5.10 Å². The monoisotopic (exact) mass is 322 g/mol. The predicted octanol–water partition coefficient (Wildman–Crippen LogP) is 1.86. The molecule has 116 valence electrons. The number of para-hydroxylation sites is 1. The number of nitrogens with zero attached hydrogens (tertiary/aromatic N) is 4. The van der Waals surface area contributed by atoms with Crippen molar-refractivity contribution in [3.05, 3.63) is 41.2 Å². The van der Waals surface area contributed by atoms with Crippen LogP contribution in [0.1, 0.15) is 24.3 Å². The Morgan fingerprint density at radius 1 is 1.36 bits per heavy atom. The van der Waals surface area contributed by atoms with E-state index in [1.807, 2.05) is 0 Å². The summed E-state index contributed by atoms with van der Waals surface area (Å²) < 4.78 is 1.38. The SMILES string of the molecule is CC(C)N(CC(=O)O)C(=O)c1cn(-c2ccccc2Cl)nn1. The minimum Gasteiger partial charge on any atom is -0.480 e. The van der Waals surface area contributed by atoms with Gasteiger partial charge in [-0.05, 0) is 26.0 Å². The summed E-state index contributed by atoms with van der Waals surface area (Å²) in [5.74, 6) is -1.57. The van der Waals surface area contributed by atoms with Crippen LogP contribution in [-0.4, -0.2) is 49.5 Å². The molecule has 0 radical (unpaired) electrons. The van der Waals surface area contributed by atoms with Gasteiger partial charge >= 0.3 is 5.97 Å². The Morgan fingerprint density at radius 2 is 2.05 bits per heavy atom. The fraction of sp³-hybridized carbons (Fsp3) is 0.286. The number of carboxylic acids is 1. The molecule has 0 aliphatic carbocycles. The number of aromatic nitrogens is 3. The second kappa shape index (κ2) is 6.57. The lowest BCUT2D eigenvalue weighted by molar-refractivity contribution is -0.138. The molecule has 1 heterocycles. The van der Waals surface area contributed by atoms with Gasteiger partial charge in [0.2, 0.25) is 0 Å². The maximum absolute atomic E-state index is 12.4. The Hall–Kier alpha value is -2.41. The molecule has 0 aliphatic heterocycles. The van der Waals surface area contributed by atoms with E-state index < -0.39 is 18.4 Å². The maximum Gasteiger partial charge on any atom is 0.323 e. The molecule has 2 rings (SSSR count). The third-order valence-electron chi connectivity index (χ3n) is 3.00. The summed E-state index contributed by atoms with van der Waals surface area (Å²) in [5, 5.41) is 17.1. The summed E-state index contributed by atoms with van der Waals surface area (Å²) in [4.78, 5) is 24.4. The molecule has 0 fully saturated rings. The highest BCUT2D eigenvalue weighted by molar-refractivity contribution is 6.32. The van der Waals surface area contributed by atoms with Crippen LogP contribution in [0, 0.1) is 0 Å². The smallest absolute Gasteiger partial charge is 0.323 e. The van der Waals surface area contributed by atoms with Gasteiger partial charge < -0.3 is 10.0 Å². The number of halogens is 1. The molecule has 22 heavy (non-hydrogen) atoms. The number of carbonyl (C=O) groups is 2. The molecule has 2 aromatic rings. The normalized spacial score (nSPS) is 10.7. The van der Waals surface area contributed by atoms with Gasteiger partial charge in [-0.2, -0.15) is 0 Å². The molecule has 0 saturated heterocycles. The zero-order valence-corrected chi connectivity index (χ0v) is 12.9. The second-order valence-electron chi connectivity index (χ2n) is 4.92. The second-order valence-corrected chi connectivity index (χ2v) is 5.33. The van der Waals surface area contributed by atoms with E-state index in [-0.39, 0.29) is 11.7 Å². The summed E-state index contributed by atoms with van der Waals surface area (Å²) in [6.07, 6.45) is 1.43. The fourth-order valence-corrected chi connectivity index (χ4v) is 2.12. The first-order chi connectivity index (χ1) is 10.4. The quantitative estimate of drug-likeness (QED) is 0.907. The van der Waals surface area contributed by atoms with Gasteiger partial charge in [-0.3, -0.25) is 9.59 Å². The first kappa shape index (κ1) is 16.0. The number of carbonyl (C=O) groups excluding carboxylic acids is 1. The van der Waals surface area contributed by atoms with E-state index in [1.54, 1.807) is 38.1 Å². The largest absolute Gasteiger partial charge is 0.480 e. The van der Waals surface area contributed by atoms with Crippen molar-refractivity contribution in [2.24, 2.45) is 0 Å². The van der Waals surface area contributed by atoms with Crippen molar-refractivity contribution in [2.45, 2.75) is 19.9 Å². The molecule has 1 N–H and O–H groups in total. The molecule has 1 aromatic carbocycles. The maximum atomic E-state index is 12.4. The number of aliphatic carboxylic acids is 1. The summed E-state index contributed by atoms with van der Waals surface area (Å²) >= 11 is 6.07. The van der Waals surface area contributed by atoms with Gasteiger partial charge in [0.1, 0.15) is 6.54 Å². The lowest BCUT2D eigenvalue weighted by Crippen LogP contribution is -2.40. The van der Waals surface area contributed by atoms with Crippen molar-refractivity contribution in [3.8, 4) is 5.69 Å². The van der Waals surface area contributed by atoms with Gasteiger partial charge in [-0.25, -0.2) is 4.68 Å². The standard InChI is InChI=1S/C14H15ClN4O3/c1-9(2)18(8-13(20)21)14(22)11-7-19(17-16-11)12-6-4-3-5-10(12)15/h3-7,9H,8H2,1-2H3,(H,20,21). The van der Waals surface area contributed by atoms with E-state index in [4.69, 9.17) is 16.7 Å². The Bertz CT molecular complexity index is 699. The number of hydrogen-bond donors (Lipinski definition) is 1. The third-order valence-corrected chi connectivity index (χ3v) is 3.32. The zero-order chi connectivity index (χ0) is 16.3. The molecule has 0 aliphatic rings. The van der Waals surface area contributed by atoms with Crippen molar-refractivity contribution in [1.29, 1.82) is 0 Å². The van der Waals surface area contributed by atoms with E-state index in [2.05, 4.69) is 10.3 Å². The summed E-state index contributed by atoms with van der Waals surface area (Å²) in [5.41, 5.74) is 0.653. The van der Waals surface area contributed by atoms with Crippen LogP contribution in [0.15, 0.2) is 30.5 Å². The van der Waals surface area contributed by atoms with Gasteiger partial charge in [0.05, 0.1) is 16.9 Å². The average molecular weight is 323 g/mol. The number of hydrogen-bond acceptors (Lipinski definition) is 4. The third kappa shape index (κ3) is 3.43. The molecule has 0 saturated carbocycles. The molecule has 0 bridgehead atoms. The molecule has 1 amide bonds. The minimum absolute atomic E-state index is 0.0647. The van der Waals surface area contributed by atoms with E-state index in [0.717, 1.165) is 0 Å². The first-order valence-corrected chi connectivity index (χ1v) is 6.98. The fourth-order valence-electron chi connectivity index (χ4n) is 1.90. The van der Waals surface area contributed by atoms with Crippen LogP contribution in [0.25, 0.3) is 5.69 Å². The van der Waals surface area contributed by atoms with Crippen molar-refractivity contribution in [2.75, 3.05) is 6.54 Å². The molecule has 0 spiro atoms. The van der Waals surface area contributed by atoms with Crippen molar-refractivity contribution >= 4 is 23.5 Å². The lowest BCUT2D eigenvalue weighted by atomic mass is 10.2. The molecule has 8 heteroatoms.